The lowest BCUT2D eigenvalue weighted by molar-refractivity contribution is 0.668. The molecule has 0 fully saturated rings. The van der Waals surface area contributed by atoms with Gasteiger partial charge in [-0.2, -0.15) is 0 Å². The van der Waals surface area contributed by atoms with Crippen LogP contribution < -0.4 is 0 Å². The molecular weight excluding hydrogens is 1290 g/mol. The maximum Gasteiger partial charge on any atom is 0.164 e. The van der Waals surface area contributed by atoms with Crippen LogP contribution in [0.2, 0.25) is 0 Å². The second-order valence-corrected chi connectivity index (χ2v) is 26.7. The second kappa shape index (κ2) is 25.9. The fraction of sp³-hybridized carbons (Fsp3) is 0. The predicted octanol–water partition coefficient (Wildman–Crippen LogP) is 25.8. The molecule has 0 atom stereocenters. The summed E-state index contributed by atoms with van der Waals surface area (Å²) in [6, 6.07) is 127. The molecule has 20 aromatic rings. The second-order valence-electron chi connectivity index (χ2n) is 26.7. The van der Waals surface area contributed by atoms with Crippen molar-refractivity contribution < 1.29 is 8.83 Å². The fourth-order valence-electron chi connectivity index (χ4n) is 15.5. The topological polar surface area (TPSA) is 104 Å². The van der Waals surface area contributed by atoms with Gasteiger partial charge in [0.05, 0.1) is 0 Å². The highest BCUT2D eigenvalue weighted by molar-refractivity contribution is 6.20. The Morgan fingerprint density at radius 3 is 0.896 bits per heavy atom. The number of furan rings is 2. The smallest absolute Gasteiger partial charge is 0.164 e. The summed E-state index contributed by atoms with van der Waals surface area (Å²) >= 11 is 0. The first-order chi connectivity index (χ1) is 52.5. The lowest BCUT2D eigenvalue weighted by Gasteiger charge is -2.15. The Morgan fingerprint density at radius 1 is 0.142 bits per heavy atom. The molecule has 0 N–H and O–H groups in total. The molecule has 0 radical (unpaired) electrons. The van der Waals surface area contributed by atoms with Crippen LogP contribution in [0.1, 0.15) is 0 Å². The van der Waals surface area contributed by atoms with Crippen molar-refractivity contribution in [3.05, 3.63) is 364 Å². The molecule has 0 aliphatic rings. The summed E-state index contributed by atoms with van der Waals surface area (Å²) in [5.41, 5.74) is 23.9. The van der Waals surface area contributed by atoms with E-state index in [9.17, 15) is 0 Å². The van der Waals surface area contributed by atoms with E-state index in [1.807, 2.05) is 84.9 Å². The lowest BCUT2D eigenvalue weighted by atomic mass is 9.89. The summed E-state index contributed by atoms with van der Waals surface area (Å²) in [7, 11) is 0. The van der Waals surface area contributed by atoms with Crippen molar-refractivity contribution in [1.29, 1.82) is 0 Å². The molecule has 0 aliphatic carbocycles. The van der Waals surface area contributed by atoms with Gasteiger partial charge in [-0.15, -0.1) is 0 Å². The quantitative estimate of drug-likeness (QED) is 0.112. The molecule has 16 aromatic carbocycles. The van der Waals surface area contributed by atoms with Gasteiger partial charge in [-0.1, -0.05) is 328 Å². The molecule has 0 spiro atoms. The summed E-state index contributed by atoms with van der Waals surface area (Å²) in [5, 5.41) is 8.37. The highest BCUT2D eigenvalue weighted by Gasteiger charge is 2.25. The Hall–Kier alpha value is -14.3. The summed E-state index contributed by atoms with van der Waals surface area (Å²) in [6.45, 7) is 0. The molecule has 0 saturated carbocycles. The first-order valence-electron chi connectivity index (χ1n) is 35.6. The number of nitrogens with zero attached hydrogens (tertiary/aromatic N) is 6. The van der Waals surface area contributed by atoms with E-state index >= 15 is 0 Å². The predicted molar refractivity (Wildman–Crippen MR) is 433 cm³/mol. The summed E-state index contributed by atoms with van der Waals surface area (Å²) in [5.74, 6) is 3.45. The van der Waals surface area contributed by atoms with E-state index in [4.69, 9.17) is 38.7 Å². The standard InChI is InChI=1S/C98H60N6O2/c1-5-24-61(25-6-1)69-32-19-33-70(60-69)75-40-20-44-85-89(75)91-83(42-22-46-87(91)105-85)97-101-93(66-28-9-3-10-29-66)99-95(103-97)68-54-52-65(53-55-68)74-57-56-73(76-35-15-16-36-77(74)76)64-50-48-63(49-51-64)71-34-13-14-38-79(71)81-41-21-45-86-90(81)92-84(43-23-47-88(92)106-86)98-102-94(67-30-11-4-12-31-67)100-96(104-98)82-59-58-72(62-26-7-2-8-27-62)78-37-17-18-39-80(78)82/h1-60H. The largest absolute Gasteiger partial charge is 0.456 e. The van der Waals surface area contributed by atoms with E-state index < -0.39 is 0 Å². The van der Waals surface area contributed by atoms with E-state index in [2.05, 4.69) is 279 Å². The number of rotatable bonds is 13. The average molecular weight is 1350 g/mol. The minimum atomic E-state index is 0.556. The highest BCUT2D eigenvalue weighted by Crippen LogP contribution is 2.47. The van der Waals surface area contributed by atoms with Gasteiger partial charge in [0.25, 0.3) is 0 Å². The summed E-state index contributed by atoms with van der Waals surface area (Å²) in [6.07, 6.45) is 0. The van der Waals surface area contributed by atoms with Crippen LogP contribution in [0.3, 0.4) is 0 Å². The number of aromatic nitrogens is 6. The molecule has 0 aliphatic heterocycles. The lowest BCUT2D eigenvalue weighted by Crippen LogP contribution is -2.01. The molecule has 0 unspecified atom stereocenters. The van der Waals surface area contributed by atoms with Gasteiger partial charge in [-0.25, -0.2) is 29.9 Å². The third-order valence-corrected chi connectivity index (χ3v) is 20.5. The van der Waals surface area contributed by atoms with Gasteiger partial charge in [0.15, 0.2) is 34.9 Å². The Balaban J connectivity index is 0.636. The Bertz CT molecular complexity index is 6800. The molecule has 8 nitrogen and oxygen atoms in total. The molecule has 0 bridgehead atoms. The van der Waals surface area contributed by atoms with Gasteiger partial charge < -0.3 is 8.83 Å². The zero-order valence-electron chi connectivity index (χ0n) is 57.1. The van der Waals surface area contributed by atoms with E-state index in [-0.39, 0.29) is 0 Å². The normalized spacial score (nSPS) is 11.6. The van der Waals surface area contributed by atoms with Crippen LogP contribution >= 0.6 is 0 Å². The molecule has 20 rings (SSSR count). The Morgan fingerprint density at radius 2 is 0.415 bits per heavy atom. The maximum atomic E-state index is 6.82. The van der Waals surface area contributed by atoms with Crippen LogP contribution in [0, 0.1) is 0 Å². The molecule has 0 amide bonds. The van der Waals surface area contributed by atoms with Crippen molar-refractivity contribution in [3.8, 4) is 146 Å². The average Bonchev–Trinajstić information content (AvgIpc) is 1.56. The number of benzene rings is 16. The van der Waals surface area contributed by atoms with Crippen LogP contribution in [0.25, 0.3) is 212 Å². The number of hydrogen-bond donors (Lipinski definition) is 0. The molecule has 106 heavy (non-hydrogen) atoms. The van der Waals surface area contributed by atoms with Gasteiger partial charge in [0.1, 0.15) is 22.3 Å². The Labute approximate surface area is 610 Å². The van der Waals surface area contributed by atoms with Crippen molar-refractivity contribution in [3.63, 3.8) is 0 Å². The van der Waals surface area contributed by atoms with Crippen molar-refractivity contribution in [1.82, 2.24) is 29.9 Å². The van der Waals surface area contributed by atoms with Crippen molar-refractivity contribution >= 4 is 65.4 Å². The third kappa shape index (κ3) is 10.9. The maximum absolute atomic E-state index is 6.82. The first kappa shape index (κ1) is 61.5. The van der Waals surface area contributed by atoms with E-state index in [0.29, 0.717) is 34.9 Å². The van der Waals surface area contributed by atoms with Crippen molar-refractivity contribution in [2.45, 2.75) is 0 Å². The summed E-state index contributed by atoms with van der Waals surface area (Å²) in [4.78, 5) is 31.7. The van der Waals surface area contributed by atoms with Crippen LogP contribution in [-0.4, -0.2) is 29.9 Å². The van der Waals surface area contributed by atoms with Crippen LogP contribution in [0.15, 0.2) is 373 Å². The highest BCUT2D eigenvalue weighted by atomic mass is 16.3. The van der Waals surface area contributed by atoms with Crippen molar-refractivity contribution in [2.75, 3.05) is 0 Å². The molecular formula is C98H60N6O2. The monoisotopic (exact) mass is 1350 g/mol. The zero-order chi connectivity index (χ0) is 70.0. The Kier molecular flexibility index (Phi) is 15.0. The molecule has 8 heteroatoms. The van der Waals surface area contributed by atoms with Gasteiger partial charge >= 0.3 is 0 Å². The molecule has 4 aromatic heterocycles. The first-order valence-corrected chi connectivity index (χ1v) is 35.6. The minimum absolute atomic E-state index is 0.556. The van der Waals surface area contributed by atoms with Gasteiger partial charge in [-0.3, -0.25) is 0 Å². The van der Waals surface area contributed by atoms with Gasteiger partial charge in [-0.05, 0) is 136 Å². The zero-order valence-corrected chi connectivity index (χ0v) is 57.1. The minimum Gasteiger partial charge on any atom is -0.456 e. The molecule has 0 saturated heterocycles. The van der Waals surface area contributed by atoms with Crippen LogP contribution in [0.4, 0.5) is 0 Å². The number of hydrogen-bond acceptors (Lipinski definition) is 8. The fourth-order valence-corrected chi connectivity index (χ4v) is 15.5. The van der Waals surface area contributed by atoms with Crippen LogP contribution in [0.5, 0.6) is 0 Å². The van der Waals surface area contributed by atoms with Crippen molar-refractivity contribution in [2.24, 2.45) is 0 Å². The number of fused-ring (bicyclic) bond motifs is 8. The molecule has 494 valence electrons. The SMILES string of the molecule is c1ccc(-c2cccc(-c3cccc4oc5cccc(-c6nc(-c7ccccc7)nc(-c7ccc(-c8ccc(-c9ccc(-c%10ccccc%10-c%10cccc%11oc%12cccc(-c%13nc(-c%14ccccc%14)nc(-c%14ccc(-c%15ccccc%15)c%15ccccc%14%15)n%13)c%12c%10%11)cc9)c9ccccc89)cc7)n6)c5c34)c2)cc1. The van der Waals surface area contributed by atoms with Crippen LogP contribution in [-0.2, 0) is 0 Å². The molecule has 4 heterocycles. The van der Waals surface area contributed by atoms with E-state index in [1.54, 1.807) is 0 Å². The van der Waals surface area contributed by atoms with Gasteiger partial charge in [0, 0.05) is 54.9 Å². The summed E-state index contributed by atoms with van der Waals surface area (Å²) < 4.78 is 13.5. The van der Waals surface area contributed by atoms with Gasteiger partial charge in [0.2, 0.25) is 0 Å². The van der Waals surface area contributed by atoms with E-state index in [1.165, 1.54) is 0 Å². The third-order valence-electron chi connectivity index (χ3n) is 20.5. The van der Waals surface area contributed by atoms with E-state index in [0.717, 1.165) is 177 Å².